The summed E-state index contributed by atoms with van der Waals surface area (Å²) >= 11 is 0. The minimum absolute atomic E-state index is 0.0596. The van der Waals surface area contributed by atoms with E-state index in [1.165, 1.54) is 0 Å². The number of carbonyl (C=O) groups is 1. The number of nitrogens with zero attached hydrogens (tertiary/aromatic N) is 1. The van der Waals surface area contributed by atoms with Gasteiger partial charge in [-0.2, -0.15) is 0 Å². The van der Waals surface area contributed by atoms with Crippen molar-refractivity contribution in [2.45, 2.75) is 26.2 Å². The first-order chi connectivity index (χ1) is 10.0. The summed E-state index contributed by atoms with van der Waals surface area (Å²) in [6, 6.07) is 3.48. The van der Waals surface area contributed by atoms with Crippen molar-refractivity contribution in [3.63, 3.8) is 0 Å². The van der Waals surface area contributed by atoms with Gasteiger partial charge in [-0.05, 0) is 38.3 Å². The molecule has 0 fully saturated rings. The van der Waals surface area contributed by atoms with Crippen LogP contribution in [0.5, 0.6) is 11.5 Å². The summed E-state index contributed by atoms with van der Waals surface area (Å²) in [5.41, 5.74) is 1.43. The van der Waals surface area contributed by atoms with Gasteiger partial charge in [0.15, 0.2) is 0 Å². The number of amides is 1. The Kier molecular flexibility index (Phi) is 7.02. The number of benzene rings is 1. The van der Waals surface area contributed by atoms with E-state index < -0.39 is 0 Å². The van der Waals surface area contributed by atoms with E-state index in [0.717, 1.165) is 24.8 Å². The highest BCUT2D eigenvalue weighted by Gasteiger charge is 2.16. The minimum atomic E-state index is -0.0596. The molecule has 0 heterocycles. The third-order valence-corrected chi connectivity index (χ3v) is 3.50. The van der Waals surface area contributed by atoms with Crippen LogP contribution >= 0.6 is 0 Å². The van der Waals surface area contributed by atoms with Crippen LogP contribution in [0, 0.1) is 6.92 Å². The largest absolute Gasteiger partial charge is 0.496 e. The van der Waals surface area contributed by atoms with E-state index in [2.05, 4.69) is 0 Å². The Balaban J connectivity index is 2.81. The van der Waals surface area contributed by atoms with E-state index in [1.807, 2.05) is 6.92 Å². The lowest BCUT2D eigenvalue weighted by Crippen LogP contribution is -2.27. The zero-order valence-electron chi connectivity index (χ0n) is 13.3. The second kappa shape index (κ2) is 8.52. The molecule has 0 unspecified atom stereocenters. The van der Waals surface area contributed by atoms with Crippen molar-refractivity contribution in [1.29, 1.82) is 0 Å². The summed E-state index contributed by atoms with van der Waals surface area (Å²) in [6.45, 7) is 2.76. The molecule has 1 amide bonds. The zero-order valence-corrected chi connectivity index (χ0v) is 13.3. The highest BCUT2D eigenvalue weighted by molar-refractivity contribution is 5.95. The molecular formula is C16H25NO4. The van der Waals surface area contributed by atoms with Crippen LogP contribution in [0.1, 0.15) is 35.2 Å². The summed E-state index contributed by atoms with van der Waals surface area (Å²) in [7, 11) is 4.93. The van der Waals surface area contributed by atoms with Gasteiger partial charge >= 0.3 is 0 Å². The van der Waals surface area contributed by atoms with Gasteiger partial charge in [-0.1, -0.05) is 0 Å². The SMILES string of the molecule is COc1cc(C(=O)N(C)CCCCCO)cc(OC)c1C. The molecule has 0 aromatic heterocycles. The van der Waals surface area contributed by atoms with E-state index in [9.17, 15) is 4.79 Å². The minimum Gasteiger partial charge on any atom is -0.496 e. The molecule has 0 aliphatic rings. The second-order valence-electron chi connectivity index (χ2n) is 5.02. The molecule has 0 radical (unpaired) electrons. The lowest BCUT2D eigenvalue weighted by Gasteiger charge is -2.19. The highest BCUT2D eigenvalue weighted by atomic mass is 16.5. The number of aliphatic hydroxyl groups excluding tert-OH is 1. The fraction of sp³-hybridized carbons (Fsp3) is 0.562. The van der Waals surface area contributed by atoms with Gasteiger partial charge in [0.05, 0.1) is 14.2 Å². The van der Waals surface area contributed by atoms with Crippen LogP contribution in [0.2, 0.25) is 0 Å². The number of methoxy groups -OCH3 is 2. The van der Waals surface area contributed by atoms with Crippen molar-refractivity contribution in [3.8, 4) is 11.5 Å². The molecule has 0 saturated heterocycles. The Morgan fingerprint density at radius 2 is 1.71 bits per heavy atom. The van der Waals surface area contributed by atoms with Crippen LogP contribution in [-0.4, -0.2) is 50.3 Å². The fourth-order valence-electron chi connectivity index (χ4n) is 2.17. The van der Waals surface area contributed by atoms with Crippen molar-refractivity contribution in [1.82, 2.24) is 4.90 Å². The van der Waals surface area contributed by atoms with Gasteiger partial charge < -0.3 is 19.5 Å². The van der Waals surface area contributed by atoms with Crippen LogP contribution in [0.25, 0.3) is 0 Å². The molecule has 21 heavy (non-hydrogen) atoms. The quantitative estimate of drug-likeness (QED) is 0.747. The molecule has 5 heteroatoms. The summed E-state index contributed by atoms with van der Waals surface area (Å²) in [5.74, 6) is 1.23. The third kappa shape index (κ3) is 4.63. The lowest BCUT2D eigenvalue weighted by atomic mass is 10.1. The Bertz CT molecular complexity index is 448. The number of hydrogen-bond acceptors (Lipinski definition) is 4. The number of ether oxygens (including phenoxy) is 2. The summed E-state index contributed by atoms with van der Waals surface area (Å²) in [5, 5.41) is 8.75. The molecule has 1 rings (SSSR count). The van der Waals surface area contributed by atoms with Crippen LogP contribution in [0.4, 0.5) is 0 Å². The van der Waals surface area contributed by atoms with E-state index in [0.29, 0.717) is 23.6 Å². The van der Waals surface area contributed by atoms with Crippen molar-refractivity contribution in [2.75, 3.05) is 34.4 Å². The van der Waals surface area contributed by atoms with Gasteiger partial charge in [0, 0.05) is 31.3 Å². The molecule has 0 atom stereocenters. The maximum atomic E-state index is 12.4. The molecule has 0 bridgehead atoms. The maximum absolute atomic E-state index is 12.4. The second-order valence-corrected chi connectivity index (χ2v) is 5.02. The number of aliphatic hydroxyl groups is 1. The van der Waals surface area contributed by atoms with E-state index in [-0.39, 0.29) is 12.5 Å². The van der Waals surface area contributed by atoms with Gasteiger partial charge in [-0.15, -0.1) is 0 Å². The molecule has 1 aromatic carbocycles. The van der Waals surface area contributed by atoms with Crippen LogP contribution in [0.3, 0.4) is 0 Å². The van der Waals surface area contributed by atoms with Crippen molar-refractivity contribution >= 4 is 5.91 Å². The van der Waals surface area contributed by atoms with E-state index in [1.54, 1.807) is 38.3 Å². The highest BCUT2D eigenvalue weighted by Crippen LogP contribution is 2.29. The molecule has 0 aliphatic carbocycles. The van der Waals surface area contributed by atoms with E-state index in [4.69, 9.17) is 14.6 Å². The molecule has 5 nitrogen and oxygen atoms in total. The van der Waals surface area contributed by atoms with E-state index >= 15 is 0 Å². The summed E-state index contributed by atoms with van der Waals surface area (Å²) in [4.78, 5) is 14.1. The average molecular weight is 295 g/mol. The molecule has 0 spiro atoms. The first kappa shape index (κ1) is 17.3. The third-order valence-electron chi connectivity index (χ3n) is 3.50. The first-order valence-electron chi connectivity index (χ1n) is 7.14. The molecule has 0 saturated carbocycles. The van der Waals surface area contributed by atoms with Gasteiger partial charge in [-0.25, -0.2) is 0 Å². The molecular weight excluding hydrogens is 270 g/mol. The van der Waals surface area contributed by atoms with Gasteiger partial charge in [0.1, 0.15) is 11.5 Å². The van der Waals surface area contributed by atoms with Crippen molar-refractivity contribution < 1.29 is 19.4 Å². The topological polar surface area (TPSA) is 59.0 Å². The van der Waals surface area contributed by atoms with Crippen LogP contribution in [-0.2, 0) is 0 Å². The maximum Gasteiger partial charge on any atom is 0.253 e. The first-order valence-corrected chi connectivity index (χ1v) is 7.14. The molecule has 118 valence electrons. The normalized spacial score (nSPS) is 10.3. The Morgan fingerprint density at radius 1 is 1.14 bits per heavy atom. The molecule has 1 N–H and O–H groups in total. The van der Waals surface area contributed by atoms with Crippen LogP contribution in [0.15, 0.2) is 12.1 Å². The molecule has 0 aliphatic heterocycles. The smallest absolute Gasteiger partial charge is 0.253 e. The van der Waals surface area contributed by atoms with Crippen molar-refractivity contribution in [3.05, 3.63) is 23.3 Å². The number of rotatable bonds is 8. The number of unbranched alkanes of at least 4 members (excludes halogenated alkanes) is 2. The Labute approximate surface area is 126 Å². The monoisotopic (exact) mass is 295 g/mol. The molecule has 1 aromatic rings. The standard InChI is InChI=1S/C16H25NO4/c1-12-14(20-3)10-13(11-15(12)21-4)16(19)17(2)8-6-5-7-9-18/h10-11,18H,5-9H2,1-4H3. The van der Waals surface area contributed by atoms with Crippen LogP contribution < -0.4 is 9.47 Å². The van der Waals surface area contributed by atoms with Crippen molar-refractivity contribution in [2.24, 2.45) is 0 Å². The fourth-order valence-corrected chi connectivity index (χ4v) is 2.17. The van der Waals surface area contributed by atoms with Gasteiger partial charge in [0.25, 0.3) is 5.91 Å². The predicted octanol–water partition coefficient (Wildman–Crippen LogP) is 2.25. The number of carbonyl (C=O) groups excluding carboxylic acids is 1. The predicted molar refractivity (Wildman–Crippen MR) is 82.2 cm³/mol. The average Bonchev–Trinajstić information content (AvgIpc) is 2.50. The zero-order chi connectivity index (χ0) is 15.8. The lowest BCUT2D eigenvalue weighted by molar-refractivity contribution is 0.0791. The summed E-state index contributed by atoms with van der Waals surface area (Å²) < 4.78 is 10.6. The van der Waals surface area contributed by atoms with Gasteiger partial charge in [0.2, 0.25) is 0 Å². The summed E-state index contributed by atoms with van der Waals surface area (Å²) in [6.07, 6.45) is 2.56. The number of hydrogen-bond donors (Lipinski definition) is 1. The Hall–Kier alpha value is -1.75. The van der Waals surface area contributed by atoms with Gasteiger partial charge in [-0.3, -0.25) is 4.79 Å². The Morgan fingerprint density at radius 3 is 2.19 bits per heavy atom.